The number of aliphatic hydroxyl groups excluding tert-OH is 1. The third-order valence-electron chi connectivity index (χ3n) is 3.95. The molecule has 1 saturated carbocycles. The molecule has 1 fully saturated rings. The molecule has 0 aliphatic heterocycles. The highest BCUT2D eigenvalue weighted by molar-refractivity contribution is 6.31. The van der Waals surface area contributed by atoms with Crippen molar-refractivity contribution in [1.82, 2.24) is 9.78 Å². The fourth-order valence-corrected chi connectivity index (χ4v) is 2.98. The highest BCUT2D eigenvalue weighted by Crippen LogP contribution is 2.32. The second kappa shape index (κ2) is 6.07. The molecule has 2 rings (SSSR count). The van der Waals surface area contributed by atoms with Crippen LogP contribution in [0.5, 0.6) is 0 Å². The summed E-state index contributed by atoms with van der Waals surface area (Å²) in [7, 11) is 0. The molecule has 1 aromatic rings. The lowest BCUT2D eigenvalue weighted by Crippen LogP contribution is -2.22. The summed E-state index contributed by atoms with van der Waals surface area (Å²) in [4.78, 5) is 0. The van der Waals surface area contributed by atoms with E-state index in [9.17, 15) is 5.11 Å². The Bertz CT molecular complexity index is 399. The molecule has 1 aliphatic rings. The molecular weight excluding hydrogens is 248 g/mol. The molecule has 0 spiro atoms. The monoisotopic (exact) mass is 270 g/mol. The van der Waals surface area contributed by atoms with E-state index in [2.05, 4.69) is 18.9 Å². The van der Waals surface area contributed by atoms with Gasteiger partial charge in [-0.3, -0.25) is 4.68 Å². The number of hydrogen-bond donors (Lipinski definition) is 1. The van der Waals surface area contributed by atoms with Crippen molar-refractivity contribution < 1.29 is 5.11 Å². The predicted molar refractivity (Wildman–Crippen MR) is 74.0 cm³/mol. The van der Waals surface area contributed by atoms with Crippen LogP contribution in [0, 0.1) is 5.92 Å². The van der Waals surface area contributed by atoms with Gasteiger partial charge in [0, 0.05) is 13.0 Å². The molecule has 18 heavy (non-hydrogen) atoms. The maximum absolute atomic E-state index is 10.2. The topological polar surface area (TPSA) is 38.0 Å². The van der Waals surface area contributed by atoms with Gasteiger partial charge in [-0.1, -0.05) is 37.8 Å². The van der Waals surface area contributed by atoms with Crippen molar-refractivity contribution in [2.75, 3.05) is 0 Å². The molecule has 4 heteroatoms. The Hall–Kier alpha value is -0.540. The zero-order valence-corrected chi connectivity index (χ0v) is 12.1. The van der Waals surface area contributed by atoms with Gasteiger partial charge in [-0.05, 0) is 25.7 Å². The van der Waals surface area contributed by atoms with Crippen molar-refractivity contribution in [3.63, 3.8) is 0 Å². The number of aromatic nitrogens is 2. The first kappa shape index (κ1) is 13.9. The van der Waals surface area contributed by atoms with Crippen LogP contribution in [0.2, 0.25) is 5.02 Å². The lowest BCUT2D eigenvalue weighted by Gasteiger charge is -2.27. The molecule has 0 radical (unpaired) electrons. The Kier molecular flexibility index (Phi) is 4.68. The third-order valence-corrected chi connectivity index (χ3v) is 4.39. The molecule has 3 nitrogen and oxygen atoms in total. The molecule has 1 atom stereocenters. The average Bonchev–Trinajstić information content (AvgIpc) is 2.61. The molecule has 0 aromatic carbocycles. The summed E-state index contributed by atoms with van der Waals surface area (Å²) >= 11 is 6.34. The van der Waals surface area contributed by atoms with E-state index in [0.29, 0.717) is 6.42 Å². The molecule has 1 heterocycles. The maximum atomic E-state index is 10.2. The number of aryl methyl sites for hydroxylation is 2. The normalized spacial score (nSPS) is 17.8. The molecular formula is C14H23ClN2O. The van der Waals surface area contributed by atoms with Crippen LogP contribution in [-0.2, 0) is 19.4 Å². The van der Waals surface area contributed by atoms with E-state index in [4.69, 9.17) is 11.6 Å². The Morgan fingerprint density at radius 2 is 2.17 bits per heavy atom. The molecule has 0 bridgehead atoms. The van der Waals surface area contributed by atoms with Gasteiger partial charge in [-0.25, -0.2) is 0 Å². The van der Waals surface area contributed by atoms with Crippen molar-refractivity contribution in [2.24, 2.45) is 5.92 Å². The largest absolute Gasteiger partial charge is 0.393 e. The molecule has 0 saturated heterocycles. The van der Waals surface area contributed by atoms with Gasteiger partial charge in [0.1, 0.15) is 0 Å². The van der Waals surface area contributed by atoms with Crippen LogP contribution in [0.3, 0.4) is 0 Å². The molecule has 1 N–H and O–H groups in total. The zero-order valence-electron chi connectivity index (χ0n) is 11.3. The molecule has 1 aromatic heterocycles. The fraction of sp³-hybridized carbons (Fsp3) is 0.786. The van der Waals surface area contributed by atoms with Gasteiger partial charge < -0.3 is 5.11 Å². The summed E-state index contributed by atoms with van der Waals surface area (Å²) in [6, 6.07) is 0. The minimum absolute atomic E-state index is 0.278. The van der Waals surface area contributed by atoms with Crippen molar-refractivity contribution >= 4 is 11.6 Å². The van der Waals surface area contributed by atoms with Gasteiger partial charge in [0.05, 0.1) is 22.5 Å². The fourth-order valence-electron chi connectivity index (χ4n) is 2.63. The maximum Gasteiger partial charge on any atom is 0.0850 e. The van der Waals surface area contributed by atoms with Crippen LogP contribution >= 0.6 is 11.6 Å². The van der Waals surface area contributed by atoms with E-state index >= 15 is 0 Å². The van der Waals surface area contributed by atoms with Gasteiger partial charge in [0.25, 0.3) is 0 Å². The molecule has 0 amide bonds. The van der Waals surface area contributed by atoms with E-state index < -0.39 is 0 Å². The van der Waals surface area contributed by atoms with Crippen LogP contribution in [0.15, 0.2) is 0 Å². The number of rotatable bonds is 6. The minimum atomic E-state index is -0.278. The lowest BCUT2D eigenvalue weighted by atomic mass is 9.81. The Morgan fingerprint density at radius 3 is 2.67 bits per heavy atom. The van der Waals surface area contributed by atoms with Crippen molar-refractivity contribution in [2.45, 2.75) is 65.0 Å². The zero-order chi connectivity index (χ0) is 13.1. The van der Waals surface area contributed by atoms with E-state index in [1.165, 1.54) is 19.3 Å². The Labute approximate surface area is 114 Å². The van der Waals surface area contributed by atoms with Crippen LogP contribution in [-0.4, -0.2) is 21.0 Å². The number of hydrogen-bond acceptors (Lipinski definition) is 2. The SMILES string of the molecule is CCc1nn(CC)c(CC(O)CC2CCC2)c1Cl. The van der Waals surface area contributed by atoms with Gasteiger partial charge in [-0.2, -0.15) is 5.10 Å². The summed E-state index contributed by atoms with van der Waals surface area (Å²) in [6.45, 7) is 4.93. The first-order valence-electron chi connectivity index (χ1n) is 7.07. The van der Waals surface area contributed by atoms with Crippen LogP contribution in [0.4, 0.5) is 0 Å². The highest BCUT2D eigenvalue weighted by atomic mass is 35.5. The van der Waals surface area contributed by atoms with E-state index in [-0.39, 0.29) is 6.10 Å². The summed E-state index contributed by atoms with van der Waals surface area (Å²) in [6.07, 6.45) is 5.99. The van der Waals surface area contributed by atoms with Crippen molar-refractivity contribution in [3.05, 3.63) is 16.4 Å². The Balaban J connectivity index is 2.04. The third kappa shape index (κ3) is 2.89. The molecule has 1 unspecified atom stereocenters. The van der Waals surface area contributed by atoms with Gasteiger partial charge in [0.2, 0.25) is 0 Å². The van der Waals surface area contributed by atoms with Crippen molar-refractivity contribution in [3.8, 4) is 0 Å². The Morgan fingerprint density at radius 1 is 1.44 bits per heavy atom. The average molecular weight is 271 g/mol. The van der Waals surface area contributed by atoms with E-state index in [1.54, 1.807) is 0 Å². The van der Waals surface area contributed by atoms with E-state index in [1.807, 2.05) is 4.68 Å². The van der Waals surface area contributed by atoms with E-state index in [0.717, 1.165) is 41.7 Å². The first-order valence-corrected chi connectivity index (χ1v) is 7.45. The van der Waals surface area contributed by atoms with Crippen LogP contribution in [0.25, 0.3) is 0 Å². The van der Waals surface area contributed by atoms with Crippen molar-refractivity contribution in [1.29, 1.82) is 0 Å². The van der Waals surface area contributed by atoms with Gasteiger partial charge >= 0.3 is 0 Å². The standard InChI is InChI=1S/C14H23ClN2O/c1-3-12-14(15)13(17(4-2)16-12)9-11(18)8-10-6-5-7-10/h10-11,18H,3-9H2,1-2H3. The summed E-state index contributed by atoms with van der Waals surface area (Å²) in [5.41, 5.74) is 1.95. The molecule has 1 aliphatic carbocycles. The predicted octanol–water partition coefficient (Wildman–Crippen LogP) is 3.21. The quantitative estimate of drug-likeness (QED) is 0.862. The molecule has 102 valence electrons. The number of nitrogens with zero attached hydrogens (tertiary/aromatic N) is 2. The summed E-state index contributed by atoms with van der Waals surface area (Å²) in [5.74, 6) is 0.724. The smallest absolute Gasteiger partial charge is 0.0850 e. The number of halogens is 1. The second-order valence-electron chi connectivity index (χ2n) is 5.27. The van der Waals surface area contributed by atoms with Gasteiger partial charge in [-0.15, -0.1) is 0 Å². The van der Waals surface area contributed by atoms with Gasteiger partial charge in [0.15, 0.2) is 0 Å². The minimum Gasteiger partial charge on any atom is -0.393 e. The highest BCUT2D eigenvalue weighted by Gasteiger charge is 2.23. The number of aliphatic hydroxyl groups is 1. The first-order chi connectivity index (χ1) is 8.65. The van der Waals surface area contributed by atoms with Crippen LogP contribution in [0.1, 0.15) is 50.9 Å². The summed E-state index contributed by atoms with van der Waals surface area (Å²) < 4.78 is 1.94. The van der Waals surface area contributed by atoms with Crippen LogP contribution < -0.4 is 0 Å². The summed E-state index contributed by atoms with van der Waals surface area (Å²) in [5, 5.41) is 15.4. The lowest BCUT2D eigenvalue weighted by molar-refractivity contribution is 0.116. The second-order valence-corrected chi connectivity index (χ2v) is 5.65.